The topological polar surface area (TPSA) is 69.9 Å². The lowest BCUT2D eigenvalue weighted by molar-refractivity contribution is 0.0107. The highest BCUT2D eigenvalue weighted by Gasteiger charge is 2.45. The summed E-state index contributed by atoms with van der Waals surface area (Å²) in [5.74, 6) is 0.669. The Bertz CT molecular complexity index is 1540. The molecule has 3 aliphatic rings. The van der Waals surface area contributed by atoms with E-state index in [2.05, 4.69) is 27.4 Å². The maximum absolute atomic E-state index is 10.6. The third kappa shape index (κ3) is 6.74. The largest absolute Gasteiger partial charge is 0.507 e. The van der Waals surface area contributed by atoms with E-state index in [0.29, 0.717) is 41.7 Å². The molecule has 1 aliphatic heterocycles. The summed E-state index contributed by atoms with van der Waals surface area (Å²) in [4.78, 5) is 0. The van der Waals surface area contributed by atoms with Crippen LogP contribution in [0.5, 0.6) is 23.0 Å². The van der Waals surface area contributed by atoms with Crippen molar-refractivity contribution in [3.05, 3.63) is 82.0 Å². The molecule has 2 aromatic carbocycles. The van der Waals surface area contributed by atoms with E-state index in [9.17, 15) is 15.3 Å². The highest BCUT2D eigenvalue weighted by atomic mass is 16.5. The summed E-state index contributed by atoms with van der Waals surface area (Å²) in [6.07, 6.45) is 9.59. The lowest BCUT2D eigenvalue weighted by atomic mass is 9.68. The van der Waals surface area contributed by atoms with E-state index in [0.717, 1.165) is 54.4 Å². The molecule has 0 aromatic heterocycles. The second kappa shape index (κ2) is 13.0. The quantitative estimate of drug-likeness (QED) is 0.298. The van der Waals surface area contributed by atoms with Crippen LogP contribution in [0.3, 0.4) is 0 Å². The van der Waals surface area contributed by atoms with Gasteiger partial charge in [-0.25, -0.2) is 0 Å². The van der Waals surface area contributed by atoms with Gasteiger partial charge in [-0.3, -0.25) is 0 Å². The van der Waals surface area contributed by atoms with Gasteiger partial charge in [0.2, 0.25) is 0 Å². The number of ether oxygens (including phenoxy) is 1. The van der Waals surface area contributed by atoms with Gasteiger partial charge < -0.3 is 20.1 Å². The van der Waals surface area contributed by atoms with Gasteiger partial charge in [0.15, 0.2) is 0 Å². The SMILES string of the molecule is [2H]C([2H])([2H])C1=C[C@@H](c2c(O)cc(CCC)cc2O)[C@H](C(=C)C)CC1.[2H]C([2H])([2H])C1=C[C@H]2c3c(O)cc(CCC)cc3OC(C)(C)[C@@H]2CC1. The minimum absolute atomic E-state index is 0.00456. The molecule has 4 heteroatoms. The Labute approximate surface area is 262 Å². The van der Waals surface area contributed by atoms with E-state index in [1.807, 2.05) is 26.0 Å². The van der Waals surface area contributed by atoms with Crippen LogP contribution in [0.2, 0.25) is 0 Å². The number of aromatic hydroxyl groups is 3. The fourth-order valence-electron chi connectivity index (χ4n) is 7.05. The molecule has 0 saturated carbocycles. The molecule has 0 spiro atoms. The lowest BCUT2D eigenvalue weighted by Gasteiger charge is -2.46. The summed E-state index contributed by atoms with van der Waals surface area (Å²) in [6, 6.07) is 7.16. The van der Waals surface area contributed by atoms with Gasteiger partial charge in [0, 0.05) is 37.1 Å². The molecule has 5 rings (SSSR count). The maximum Gasteiger partial charge on any atom is 0.127 e. The number of hydrogen-bond acceptors (Lipinski definition) is 4. The highest BCUT2D eigenvalue weighted by Crippen LogP contribution is 2.53. The minimum atomic E-state index is -2.15. The Balaban J connectivity index is 0.000000217. The number of phenols is 3. The average Bonchev–Trinajstić information content (AvgIpc) is 2.95. The molecule has 3 N–H and O–H groups in total. The van der Waals surface area contributed by atoms with Crippen molar-refractivity contribution in [2.75, 3.05) is 0 Å². The number of allylic oxidation sites excluding steroid dienone is 5. The van der Waals surface area contributed by atoms with E-state index in [1.54, 1.807) is 24.3 Å². The van der Waals surface area contributed by atoms with E-state index < -0.39 is 13.7 Å². The number of aryl methyl sites for hydroxylation is 2. The first kappa shape index (κ1) is 24.3. The zero-order chi connectivity index (χ0) is 35.8. The van der Waals surface area contributed by atoms with Crippen molar-refractivity contribution >= 4 is 0 Å². The van der Waals surface area contributed by atoms with Crippen LogP contribution in [0, 0.1) is 11.8 Å². The molecule has 0 saturated heterocycles. The number of rotatable bonds is 6. The highest BCUT2D eigenvalue weighted by molar-refractivity contribution is 5.54. The summed E-state index contributed by atoms with van der Waals surface area (Å²) < 4.78 is 52.4. The summed E-state index contributed by atoms with van der Waals surface area (Å²) in [5.41, 5.74) is 4.52. The monoisotopic (exact) mass is 578 g/mol. The van der Waals surface area contributed by atoms with Gasteiger partial charge in [-0.2, -0.15) is 0 Å². The van der Waals surface area contributed by atoms with E-state index in [1.165, 1.54) is 0 Å². The maximum atomic E-state index is 10.6. The Morgan fingerprint density at radius 1 is 0.857 bits per heavy atom. The van der Waals surface area contributed by atoms with Crippen molar-refractivity contribution < 1.29 is 28.3 Å². The lowest BCUT2D eigenvalue weighted by Crippen LogP contribution is -2.45. The van der Waals surface area contributed by atoms with E-state index in [-0.39, 0.29) is 46.5 Å². The van der Waals surface area contributed by atoms with E-state index >= 15 is 0 Å². The van der Waals surface area contributed by atoms with Crippen LogP contribution in [0.25, 0.3) is 0 Å². The van der Waals surface area contributed by atoms with E-state index in [4.69, 9.17) is 13.0 Å². The Morgan fingerprint density at radius 3 is 1.93 bits per heavy atom. The molecular formula is C38H52O4. The first-order valence-corrected chi connectivity index (χ1v) is 15.5. The Kier molecular flexibility index (Phi) is 7.54. The number of hydrogen-bond donors (Lipinski definition) is 3. The summed E-state index contributed by atoms with van der Waals surface area (Å²) >= 11 is 0. The number of fused-ring (bicyclic) bond motifs is 3. The smallest absolute Gasteiger partial charge is 0.127 e. The molecule has 0 radical (unpaired) electrons. The van der Waals surface area contributed by atoms with Gasteiger partial charge in [0.1, 0.15) is 28.6 Å². The van der Waals surface area contributed by atoms with Crippen LogP contribution in [-0.2, 0) is 12.8 Å². The number of phenolic OH excluding ortho intramolecular Hbond substituents is 3. The van der Waals surface area contributed by atoms with Crippen molar-refractivity contribution in [3.8, 4) is 23.0 Å². The van der Waals surface area contributed by atoms with Crippen molar-refractivity contribution in [3.63, 3.8) is 0 Å². The summed E-state index contributed by atoms with van der Waals surface area (Å²) in [5, 5.41) is 31.6. The fourth-order valence-corrected chi connectivity index (χ4v) is 7.05. The second-order valence-electron chi connectivity index (χ2n) is 12.9. The van der Waals surface area contributed by atoms with Crippen molar-refractivity contribution in [1.82, 2.24) is 0 Å². The predicted octanol–water partition coefficient (Wildman–Crippen LogP) is 10.0. The molecule has 42 heavy (non-hydrogen) atoms. The van der Waals surface area contributed by atoms with Crippen molar-refractivity contribution in [2.45, 2.75) is 117 Å². The van der Waals surface area contributed by atoms with Gasteiger partial charge in [-0.15, -0.1) is 0 Å². The number of benzene rings is 2. The molecule has 228 valence electrons. The standard InChI is InChI=1S/2C19H26O2/c1-5-6-13-10-16(20)18-14-9-12(2)7-8-15(14)19(3,4)21-17(18)11-13;1-5-6-14-10-17(20)19(18(21)11-14)16-9-13(4)7-8-15(16)12(2)3/h9-11,14-15,20H,5-8H2,1-4H3;9-11,15-16,20-21H,2,5-8H2,1,3-4H3/t14-,15-;15-,16+/m10/s1/i2D3;4D3. The van der Waals surface area contributed by atoms with Crippen LogP contribution >= 0.6 is 0 Å². The van der Waals surface area contributed by atoms with Crippen LogP contribution < -0.4 is 4.74 Å². The normalized spacial score (nSPS) is 26.9. The summed E-state index contributed by atoms with van der Waals surface area (Å²) in [6.45, 7) is 9.97. The molecule has 0 amide bonds. The fraction of sp³-hybridized carbons (Fsp3) is 0.526. The van der Waals surface area contributed by atoms with Crippen LogP contribution in [-0.4, -0.2) is 20.9 Å². The molecule has 0 fully saturated rings. The molecule has 1 heterocycles. The van der Waals surface area contributed by atoms with Gasteiger partial charge in [-0.05, 0) is 114 Å². The second-order valence-corrected chi connectivity index (χ2v) is 12.9. The van der Waals surface area contributed by atoms with Crippen molar-refractivity contribution in [2.24, 2.45) is 11.8 Å². The van der Waals surface area contributed by atoms with Crippen molar-refractivity contribution in [1.29, 1.82) is 0 Å². The molecule has 2 aliphatic carbocycles. The molecule has 0 unspecified atom stereocenters. The third-order valence-corrected chi connectivity index (χ3v) is 9.10. The zero-order valence-corrected chi connectivity index (χ0v) is 25.9. The molecule has 4 nitrogen and oxygen atoms in total. The molecule has 2 aromatic rings. The third-order valence-electron chi connectivity index (χ3n) is 9.10. The van der Waals surface area contributed by atoms with Gasteiger partial charge in [0.25, 0.3) is 0 Å². The summed E-state index contributed by atoms with van der Waals surface area (Å²) in [7, 11) is 0. The first-order valence-electron chi connectivity index (χ1n) is 18.5. The average molecular weight is 579 g/mol. The molecule has 0 bridgehead atoms. The minimum Gasteiger partial charge on any atom is -0.507 e. The van der Waals surface area contributed by atoms with Crippen LogP contribution in [0.1, 0.15) is 129 Å². The molecular weight excluding hydrogens is 520 g/mol. The Morgan fingerprint density at radius 2 is 1.38 bits per heavy atom. The van der Waals surface area contributed by atoms with Gasteiger partial charge in [0.05, 0.1) is 0 Å². The Hall–Kier alpha value is -3.14. The first-order chi connectivity index (χ1) is 22.3. The van der Waals surface area contributed by atoms with Crippen LogP contribution in [0.15, 0.2) is 59.7 Å². The van der Waals surface area contributed by atoms with Gasteiger partial charge in [-0.1, -0.05) is 62.1 Å². The predicted molar refractivity (Wildman–Crippen MR) is 174 cm³/mol. The molecule has 4 atom stereocenters. The van der Waals surface area contributed by atoms with Crippen LogP contribution in [0.4, 0.5) is 0 Å². The van der Waals surface area contributed by atoms with Gasteiger partial charge >= 0.3 is 0 Å². The zero-order valence-electron chi connectivity index (χ0n) is 31.9.